The topological polar surface area (TPSA) is 81.7 Å². The van der Waals surface area contributed by atoms with E-state index in [1.807, 2.05) is 0 Å². The summed E-state index contributed by atoms with van der Waals surface area (Å²) in [5.74, 6) is -0.955. The zero-order valence-corrected chi connectivity index (χ0v) is 16.1. The van der Waals surface area contributed by atoms with E-state index in [0.29, 0.717) is 14.9 Å². The minimum Gasteiger partial charge on any atom is -0.454 e. The Bertz CT molecular complexity index is 808. The zero-order valence-electron chi connectivity index (χ0n) is 14.5. The van der Waals surface area contributed by atoms with Gasteiger partial charge in [0.05, 0.1) is 14.8 Å². The molecule has 0 aliphatic carbocycles. The lowest BCUT2D eigenvalue weighted by Crippen LogP contribution is -2.27. The Hall–Kier alpha value is -2.38. The van der Waals surface area contributed by atoms with E-state index in [1.165, 1.54) is 12.1 Å². The molecule has 1 aromatic carbocycles. The number of rotatable bonds is 5. The number of amides is 1. The standard InChI is InChI=1S/C18H18ClNO5S/c1-18(2,3)25-17(23)20-12-6-4-11(5-7-12)16(22)24-10-13(21)14-8-9-15(19)26-14/h4-9H,10H2,1-3H3,(H,20,23). The van der Waals surface area contributed by atoms with E-state index < -0.39 is 17.7 Å². The van der Waals surface area contributed by atoms with Gasteiger partial charge in [0.1, 0.15) is 5.60 Å². The Balaban J connectivity index is 1.88. The molecule has 0 aliphatic heterocycles. The fourth-order valence-corrected chi connectivity index (χ4v) is 2.83. The summed E-state index contributed by atoms with van der Waals surface area (Å²) in [7, 11) is 0. The van der Waals surface area contributed by atoms with Gasteiger partial charge in [-0.15, -0.1) is 11.3 Å². The molecule has 6 nitrogen and oxygen atoms in total. The van der Waals surface area contributed by atoms with Crippen LogP contribution in [-0.4, -0.2) is 30.1 Å². The molecule has 1 aromatic heterocycles. The van der Waals surface area contributed by atoms with Gasteiger partial charge in [-0.05, 0) is 57.2 Å². The quantitative estimate of drug-likeness (QED) is 0.581. The largest absolute Gasteiger partial charge is 0.454 e. The first-order chi connectivity index (χ1) is 12.1. The number of halogens is 1. The molecule has 138 valence electrons. The van der Waals surface area contributed by atoms with Crippen molar-refractivity contribution in [2.75, 3.05) is 11.9 Å². The number of anilines is 1. The average molecular weight is 396 g/mol. The predicted octanol–water partition coefficient (Wildman–Crippen LogP) is 4.79. The van der Waals surface area contributed by atoms with Crippen LogP contribution >= 0.6 is 22.9 Å². The third-order valence-corrected chi connectivity index (χ3v) is 4.22. The highest BCUT2D eigenvalue weighted by Gasteiger charge is 2.17. The first kappa shape index (κ1) is 19.9. The van der Waals surface area contributed by atoms with Gasteiger partial charge in [0.25, 0.3) is 0 Å². The number of thiophene rings is 1. The number of carbonyl (C=O) groups excluding carboxylic acids is 3. The van der Waals surface area contributed by atoms with Gasteiger partial charge in [-0.25, -0.2) is 9.59 Å². The smallest absolute Gasteiger partial charge is 0.412 e. The highest BCUT2D eigenvalue weighted by Crippen LogP contribution is 2.22. The van der Waals surface area contributed by atoms with Crippen molar-refractivity contribution in [1.82, 2.24) is 0 Å². The summed E-state index contributed by atoms with van der Waals surface area (Å²) >= 11 is 6.90. The molecule has 0 saturated carbocycles. The van der Waals surface area contributed by atoms with Gasteiger partial charge >= 0.3 is 12.1 Å². The molecule has 0 bridgehead atoms. The summed E-state index contributed by atoms with van der Waals surface area (Å²) in [4.78, 5) is 36.0. The number of hydrogen-bond donors (Lipinski definition) is 1. The normalized spacial score (nSPS) is 10.9. The SMILES string of the molecule is CC(C)(C)OC(=O)Nc1ccc(C(=O)OCC(=O)c2ccc(Cl)s2)cc1. The van der Waals surface area contributed by atoms with Crippen molar-refractivity contribution in [3.8, 4) is 0 Å². The summed E-state index contributed by atoms with van der Waals surface area (Å²) in [5.41, 5.74) is 0.129. The van der Waals surface area contributed by atoms with Gasteiger partial charge in [0.2, 0.25) is 5.78 Å². The van der Waals surface area contributed by atoms with Gasteiger partial charge in [0.15, 0.2) is 6.61 Å². The number of nitrogens with one attached hydrogen (secondary N) is 1. The van der Waals surface area contributed by atoms with Crippen LogP contribution in [-0.2, 0) is 9.47 Å². The van der Waals surface area contributed by atoms with Crippen molar-refractivity contribution in [2.24, 2.45) is 0 Å². The maximum atomic E-state index is 12.0. The number of benzene rings is 1. The van der Waals surface area contributed by atoms with Crippen molar-refractivity contribution >= 4 is 46.5 Å². The summed E-state index contributed by atoms with van der Waals surface area (Å²) in [6, 6.07) is 9.25. The van der Waals surface area contributed by atoms with E-state index in [1.54, 1.807) is 45.0 Å². The number of carbonyl (C=O) groups is 3. The fraction of sp³-hybridized carbons (Fsp3) is 0.278. The van der Waals surface area contributed by atoms with Crippen LogP contribution in [0.4, 0.5) is 10.5 Å². The summed E-state index contributed by atoms with van der Waals surface area (Å²) in [6.07, 6.45) is -0.590. The Morgan fingerprint density at radius 2 is 1.73 bits per heavy atom. The molecule has 2 aromatic rings. The number of ketones is 1. The first-order valence-corrected chi connectivity index (χ1v) is 8.89. The second-order valence-electron chi connectivity index (χ2n) is 6.31. The van der Waals surface area contributed by atoms with E-state index in [-0.39, 0.29) is 18.0 Å². The van der Waals surface area contributed by atoms with Gasteiger partial charge < -0.3 is 9.47 Å². The summed E-state index contributed by atoms with van der Waals surface area (Å²) < 4.78 is 10.6. The number of esters is 1. The third-order valence-electron chi connectivity index (χ3n) is 2.95. The lowest BCUT2D eigenvalue weighted by Gasteiger charge is -2.19. The first-order valence-electron chi connectivity index (χ1n) is 7.70. The highest BCUT2D eigenvalue weighted by atomic mass is 35.5. The molecule has 1 amide bonds. The van der Waals surface area contributed by atoms with Crippen LogP contribution in [0.25, 0.3) is 0 Å². The van der Waals surface area contributed by atoms with Gasteiger partial charge in [-0.1, -0.05) is 11.6 Å². The fourth-order valence-electron chi connectivity index (χ4n) is 1.86. The van der Waals surface area contributed by atoms with Crippen LogP contribution in [0, 0.1) is 0 Å². The zero-order chi connectivity index (χ0) is 19.3. The molecule has 0 fully saturated rings. The van der Waals surface area contributed by atoms with Crippen molar-refractivity contribution in [1.29, 1.82) is 0 Å². The molecule has 26 heavy (non-hydrogen) atoms. The maximum Gasteiger partial charge on any atom is 0.412 e. The van der Waals surface area contributed by atoms with Crippen LogP contribution in [0.2, 0.25) is 4.34 Å². The molecule has 1 heterocycles. The Morgan fingerprint density at radius 3 is 2.27 bits per heavy atom. The summed E-state index contributed by atoms with van der Waals surface area (Å²) in [5, 5.41) is 2.56. The molecule has 0 unspecified atom stereocenters. The molecule has 0 aliphatic rings. The Morgan fingerprint density at radius 1 is 1.08 bits per heavy atom. The minimum absolute atomic E-state index is 0.261. The number of Topliss-reactive ketones (excluding diaryl/α,β-unsaturated/α-hetero) is 1. The lowest BCUT2D eigenvalue weighted by atomic mass is 10.2. The second-order valence-corrected chi connectivity index (χ2v) is 8.02. The predicted molar refractivity (Wildman–Crippen MR) is 100 cm³/mol. The number of ether oxygens (including phenoxy) is 2. The van der Waals surface area contributed by atoms with E-state index in [9.17, 15) is 14.4 Å². The molecular formula is C18H18ClNO5S. The summed E-state index contributed by atoms with van der Waals surface area (Å²) in [6.45, 7) is 4.92. The van der Waals surface area contributed by atoms with E-state index in [2.05, 4.69) is 5.32 Å². The van der Waals surface area contributed by atoms with Crippen LogP contribution in [0.5, 0.6) is 0 Å². The van der Waals surface area contributed by atoms with Crippen molar-refractivity contribution < 1.29 is 23.9 Å². The second kappa shape index (κ2) is 8.33. The van der Waals surface area contributed by atoms with Crippen molar-refractivity contribution in [3.05, 3.63) is 51.2 Å². The van der Waals surface area contributed by atoms with E-state index in [4.69, 9.17) is 21.1 Å². The Kier molecular flexibility index (Phi) is 6.39. The van der Waals surface area contributed by atoms with Crippen LogP contribution < -0.4 is 5.32 Å². The Labute approximate surface area is 160 Å². The minimum atomic E-state index is -0.634. The average Bonchev–Trinajstić information content (AvgIpc) is 2.97. The molecule has 0 atom stereocenters. The molecule has 0 radical (unpaired) electrons. The van der Waals surface area contributed by atoms with Crippen LogP contribution in [0.3, 0.4) is 0 Å². The third kappa shape index (κ3) is 6.16. The van der Waals surface area contributed by atoms with Gasteiger partial charge in [0, 0.05) is 5.69 Å². The van der Waals surface area contributed by atoms with Crippen LogP contribution in [0.1, 0.15) is 40.8 Å². The molecule has 2 rings (SSSR count). The van der Waals surface area contributed by atoms with Crippen LogP contribution in [0.15, 0.2) is 36.4 Å². The lowest BCUT2D eigenvalue weighted by molar-refractivity contribution is 0.0476. The van der Waals surface area contributed by atoms with Crippen molar-refractivity contribution in [2.45, 2.75) is 26.4 Å². The van der Waals surface area contributed by atoms with Gasteiger partial charge in [-0.2, -0.15) is 0 Å². The maximum absolute atomic E-state index is 12.0. The molecule has 0 spiro atoms. The highest BCUT2D eigenvalue weighted by molar-refractivity contribution is 7.18. The molecule has 0 saturated heterocycles. The molecule has 8 heteroatoms. The van der Waals surface area contributed by atoms with Crippen molar-refractivity contribution in [3.63, 3.8) is 0 Å². The molecule has 1 N–H and O–H groups in total. The van der Waals surface area contributed by atoms with Gasteiger partial charge in [-0.3, -0.25) is 10.1 Å². The number of hydrogen-bond acceptors (Lipinski definition) is 6. The molecular weight excluding hydrogens is 378 g/mol. The monoisotopic (exact) mass is 395 g/mol. The van der Waals surface area contributed by atoms with E-state index >= 15 is 0 Å². The van der Waals surface area contributed by atoms with E-state index in [0.717, 1.165) is 11.3 Å².